The second kappa shape index (κ2) is 9.11. The monoisotopic (exact) mass is 398 g/mol. The minimum absolute atomic E-state index is 0.149. The first-order valence-electron chi connectivity index (χ1n) is 9.59. The number of nitriles is 1. The Morgan fingerprint density at radius 3 is 2.86 bits per heavy atom. The molecule has 2 aromatic heterocycles. The first-order valence-corrected chi connectivity index (χ1v) is 10.6. The Hall–Kier alpha value is -2.53. The average molecular weight is 399 g/mol. The molecule has 0 atom stereocenters. The molecule has 0 radical (unpaired) electrons. The molecule has 1 amide bonds. The van der Waals surface area contributed by atoms with Crippen LogP contribution in [0.15, 0.2) is 24.1 Å². The molecule has 8 heteroatoms. The molecule has 1 saturated carbocycles. The molecule has 1 N–H and O–H groups in total. The lowest BCUT2D eigenvalue weighted by atomic mass is 9.95. The third-order valence-electron chi connectivity index (χ3n) is 5.30. The molecule has 0 aliphatic heterocycles. The van der Waals surface area contributed by atoms with Crippen molar-refractivity contribution in [2.24, 2.45) is 0 Å². The van der Waals surface area contributed by atoms with Crippen molar-refractivity contribution in [3.8, 4) is 6.07 Å². The standard InChI is InChI=1S/C20H26N6OS/c1-4-10-25-13-22-24-20(25)28-12-18(27)23-19-17(11-21)14(2)15(3)26(19)16-8-6-5-7-9-16/h4,13,16H,1,5-10,12H2,2-3H3,(H,23,27). The van der Waals surface area contributed by atoms with E-state index in [1.807, 2.05) is 18.4 Å². The van der Waals surface area contributed by atoms with Crippen LogP contribution < -0.4 is 5.32 Å². The fraction of sp³-hybridized carbons (Fsp3) is 0.500. The quantitative estimate of drug-likeness (QED) is 0.563. The van der Waals surface area contributed by atoms with Crippen molar-refractivity contribution in [2.75, 3.05) is 11.1 Å². The van der Waals surface area contributed by atoms with Crippen LogP contribution in [0.2, 0.25) is 0 Å². The number of thioether (sulfide) groups is 1. The number of allylic oxidation sites excluding steroid dienone is 1. The maximum atomic E-state index is 12.7. The lowest BCUT2D eigenvalue weighted by molar-refractivity contribution is -0.113. The number of nitrogens with one attached hydrogen (secondary N) is 1. The van der Waals surface area contributed by atoms with E-state index in [9.17, 15) is 10.1 Å². The van der Waals surface area contributed by atoms with E-state index in [-0.39, 0.29) is 11.7 Å². The minimum atomic E-state index is -0.149. The van der Waals surface area contributed by atoms with Gasteiger partial charge < -0.3 is 14.5 Å². The smallest absolute Gasteiger partial charge is 0.235 e. The lowest BCUT2D eigenvalue weighted by Crippen LogP contribution is -2.22. The van der Waals surface area contributed by atoms with E-state index in [0.29, 0.717) is 29.1 Å². The number of nitrogens with zero attached hydrogens (tertiary/aromatic N) is 5. The number of aromatic nitrogens is 4. The van der Waals surface area contributed by atoms with E-state index in [1.54, 1.807) is 12.4 Å². The second-order valence-electron chi connectivity index (χ2n) is 7.10. The van der Waals surface area contributed by atoms with E-state index in [0.717, 1.165) is 24.1 Å². The molecular weight excluding hydrogens is 372 g/mol. The van der Waals surface area contributed by atoms with Gasteiger partial charge in [-0.2, -0.15) is 5.26 Å². The van der Waals surface area contributed by atoms with Gasteiger partial charge in [-0.1, -0.05) is 37.1 Å². The molecular formula is C20H26N6OS. The molecule has 3 rings (SSSR count). The van der Waals surface area contributed by atoms with Gasteiger partial charge in [-0.05, 0) is 32.3 Å². The van der Waals surface area contributed by atoms with Crippen LogP contribution in [0.1, 0.15) is 55.0 Å². The Morgan fingerprint density at radius 2 is 2.18 bits per heavy atom. The molecule has 1 aliphatic carbocycles. The zero-order valence-corrected chi connectivity index (χ0v) is 17.3. The van der Waals surface area contributed by atoms with E-state index in [2.05, 4.69) is 32.7 Å². The Labute approximate surface area is 169 Å². The first-order chi connectivity index (χ1) is 13.6. The van der Waals surface area contributed by atoms with Crippen LogP contribution in [0, 0.1) is 25.2 Å². The summed E-state index contributed by atoms with van der Waals surface area (Å²) >= 11 is 1.32. The zero-order chi connectivity index (χ0) is 20.1. The molecule has 148 valence electrons. The van der Waals surface area contributed by atoms with Crippen LogP contribution in [-0.4, -0.2) is 31.0 Å². The maximum Gasteiger partial charge on any atom is 0.235 e. The normalized spacial score (nSPS) is 14.6. The molecule has 28 heavy (non-hydrogen) atoms. The minimum Gasteiger partial charge on any atom is -0.327 e. The molecule has 0 spiro atoms. The molecule has 0 bridgehead atoms. The fourth-order valence-electron chi connectivity index (χ4n) is 3.80. The molecule has 0 unspecified atom stereocenters. The SMILES string of the molecule is C=CCn1cnnc1SCC(=O)Nc1c(C#N)c(C)c(C)n1C1CCCCC1. The molecule has 0 saturated heterocycles. The molecule has 1 fully saturated rings. The Kier molecular flexibility index (Phi) is 6.57. The largest absolute Gasteiger partial charge is 0.327 e. The highest BCUT2D eigenvalue weighted by Crippen LogP contribution is 2.36. The molecule has 7 nitrogen and oxygen atoms in total. The summed E-state index contributed by atoms with van der Waals surface area (Å²) in [6.45, 7) is 8.30. The summed E-state index contributed by atoms with van der Waals surface area (Å²) in [7, 11) is 0. The summed E-state index contributed by atoms with van der Waals surface area (Å²) in [5, 5.41) is 21.3. The summed E-state index contributed by atoms with van der Waals surface area (Å²) in [4.78, 5) is 12.7. The van der Waals surface area contributed by atoms with Crippen molar-refractivity contribution in [3.05, 3.63) is 35.8 Å². The van der Waals surface area contributed by atoms with E-state index in [1.165, 1.54) is 31.0 Å². The predicted molar refractivity (Wildman–Crippen MR) is 110 cm³/mol. The Bertz CT molecular complexity index is 901. The molecule has 1 aliphatic rings. The summed E-state index contributed by atoms with van der Waals surface area (Å²) < 4.78 is 4.01. The summed E-state index contributed by atoms with van der Waals surface area (Å²) in [5.74, 6) is 0.695. The van der Waals surface area contributed by atoms with Crippen molar-refractivity contribution < 1.29 is 4.79 Å². The summed E-state index contributed by atoms with van der Waals surface area (Å²) in [6.07, 6.45) is 9.18. The van der Waals surface area contributed by atoms with Gasteiger partial charge in [-0.3, -0.25) is 4.79 Å². The highest BCUT2D eigenvalue weighted by Gasteiger charge is 2.26. The van der Waals surface area contributed by atoms with E-state index >= 15 is 0 Å². The highest BCUT2D eigenvalue weighted by molar-refractivity contribution is 7.99. The second-order valence-corrected chi connectivity index (χ2v) is 8.04. The van der Waals surface area contributed by atoms with Gasteiger partial charge in [0.25, 0.3) is 0 Å². The van der Waals surface area contributed by atoms with Gasteiger partial charge in [-0.25, -0.2) is 0 Å². The van der Waals surface area contributed by atoms with Gasteiger partial charge in [-0.15, -0.1) is 16.8 Å². The summed E-state index contributed by atoms with van der Waals surface area (Å²) in [5.41, 5.74) is 2.58. The first kappa shape index (κ1) is 20.2. The Balaban J connectivity index is 1.78. The fourth-order valence-corrected chi connectivity index (χ4v) is 4.53. The van der Waals surface area contributed by atoms with Crippen LogP contribution in [0.5, 0.6) is 0 Å². The number of anilines is 1. The number of carbonyl (C=O) groups excluding carboxylic acids is 1. The zero-order valence-electron chi connectivity index (χ0n) is 16.4. The number of hydrogen-bond acceptors (Lipinski definition) is 5. The molecule has 0 aromatic carbocycles. The van der Waals surface area contributed by atoms with Gasteiger partial charge in [0.1, 0.15) is 18.2 Å². The van der Waals surface area contributed by atoms with Crippen molar-refractivity contribution in [1.29, 1.82) is 5.26 Å². The highest BCUT2D eigenvalue weighted by atomic mass is 32.2. The third kappa shape index (κ3) is 4.14. The molecule has 2 aromatic rings. The van der Waals surface area contributed by atoms with Crippen LogP contribution >= 0.6 is 11.8 Å². The number of carbonyl (C=O) groups is 1. The molecule has 2 heterocycles. The maximum absolute atomic E-state index is 12.7. The van der Waals surface area contributed by atoms with Crippen molar-refractivity contribution in [3.63, 3.8) is 0 Å². The average Bonchev–Trinajstić information content (AvgIpc) is 3.23. The van der Waals surface area contributed by atoms with Crippen molar-refractivity contribution >= 4 is 23.5 Å². The van der Waals surface area contributed by atoms with Crippen LogP contribution in [0.4, 0.5) is 5.82 Å². The number of hydrogen-bond donors (Lipinski definition) is 1. The van der Waals surface area contributed by atoms with Crippen LogP contribution in [0.3, 0.4) is 0 Å². The van der Waals surface area contributed by atoms with E-state index < -0.39 is 0 Å². The van der Waals surface area contributed by atoms with E-state index in [4.69, 9.17) is 0 Å². The van der Waals surface area contributed by atoms with Gasteiger partial charge in [0.2, 0.25) is 5.91 Å². The number of amides is 1. The van der Waals surface area contributed by atoms with Gasteiger partial charge >= 0.3 is 0 Å². The lowest BCUT2D eigenvalue weighted by Gasteiger charge is -2.27. The summed E-state index contributed by atoms with van der Waals surface area (Å²) in [6, 6.07) is 2.63. The Morgan fingerprint density at radius 1 is 1.43 bits per heavy atom. The van der Waals surface area contributed by atoms with Gasteiger partial charge in [0, 0.05) is 18.3 Å². The predicted octanol–water partition coefficient (Wildman–Crippen LogP) is 3.99. The van der Waals surface area contributed by atoms with Crippen LogP contribution in [-0.2, 0) is 11.3 Å². The van der Waals surface area contributed by atoms with Gasteiger partial charge in [0.15, 0.2) is 5.16 Å². The van der Waals surface area contributed by atoms with Crippen LogP contribution in [0.25, 0.3) is 0 Å². The topological polar surface area (TPSA) is 88.5 Å². The third-order valence-corrected chi connectivity index (χ3v) is 6.29. The number of rotatable bonds is 7. The van der Waals surface area contributed by atoms with Crippen molar-refractivity contribution in [1.82, 2.24) is 19.3 Å². The van der Waals surface area contributed by atoms with Crippen molar-refractivity contribution in [2.45, 2.75) is 63.7 Å². The van der Waals surface area contributed by atoms with Gasteiger partial charge in [0.05, 0.1) is 11.3 Å².